The summed E-state index contributed by atoms with van der Waals surface area (Å²) >= 11 is 0. The zero-order valence-electron chi connectivity index (χ0n) is 13.9. The zero-order valence-corrected chi connectivity index (χ0v) is 13.9. The second kappa shape index (κ2) is 10.2. The molecule has 5 nitrogen and oxygen atoms in total. The smallest absolute Gasteiger partial charge is 0.191 e. The molecule has 2 N–H and O–H groups in total. The Bertz CT molecular complexity index is 407. The SMILES string of the molecule is CCNC(=NCCCn1cccn1)NCCC1CCCCC1. The molecule has 0 amide bonds. The molecule has 22 heavy (non-hydrogen) atoms. The van der Waals surface area contributed by atoms with Gasteiger partial charge in [0.2, 0.25) is 0 Å². The quantitative estimate of drug-likeness (QED) is 0.441. The molecule has 1 aliphatic rings. The highest BCUT2D eigenvalue weighted by molar-refractivity contribution is 5.79. The van der Waals surface area contributed by atoms with Crippen LogP contribution in [0.15, 0.2) is 23.5 Å². The van der Waals surface area contributed by atoms with Crippen molar-refractivity contribution in [2.45, 2.75) is 58.4 Å². The molecule has 1 aromatic rings. The Morgan fingerprint density at radius 2 is 2.14 bits per heavy atom. The van der Waals surface area contributed by atoms with Crippen LogP contribution in [0, 0.1) is 5.92 Å². The molecule has 1 fully saturated rings. The molecule has 124 valence electrons. The first-order chi connectivity index (χ1) is 10.9. The third kappa shape index (κ3) is 6.50. The fourth-order valence-electron chi connectivity index (χ4n) is 3.07. The van der Waals surface area contributed by atoms with Gasteiger partial charge in [-0.3, -0.25) is 9.67 Å². The van der Waals surface area contributed by atoms with Gasteiger partial charge in [-0.25, -0.2) is 0 Å². The number of guanidine groups is 1. The van der Waals surface area contributed by atoms with E-state index in [9.17, 15) is 0 Å². The van der Waals surface area contributed by atoms with Crippen molar-refractivity contribution in [1.82, 2.24) is 20.4 Å². The molecule has 5 heteroatoms. The summed E-state index contributed by atoms with van der Waals surface area (Å²) in [7, 11) is 0. The molecule has 2 rings (SSSR count). The Morgan fingerprint density at radius 1 is 1.27 bits per heavy atom. The van der Waals surface area contributed by atoms with Gasteiger partial charge in [0.1, 0.15) is 0 Å². The minimum atomic E-state index is 0.832. The average molecular weight is 305 g/mol. The number of nitrogens with one attached hydrogen (secondary N) is 2. The Hall–Kier alpha value is -1.52. The third-order valence-electron chi connectivity index (χ3n) is 4.29. The van der Waals surface area contributed by atoms with Crippen molar-refractivity contribution in [1.29, 1.82) is 0 Å². The molecule has 0 saturated heterocycles. The lowest BCUT2D eigenvalue weighted by atomic mass is 9.87. The topological polar surface area (TPSA) is 54.2 Å². The van der Waals surface area contributed by atoms with E-state index in [1.54, 1.807) is 0 Å². The lowest BCUT2D eigenvalue weighted by molar-refractivity contribution is 0.339. The van der Waals surface area contributed by atoms with Crippen LogP contribution in [0.4, 0.5) is 0 Å². The maximum Gasteiger partial charge on any atom is 0.191 e. The van der Waals surface area contributed by atoms with E-state index in [2.05, 4.69) is 27.6 Å². The van der Waals surface area contributed by atoms with Crippen LogP contribution in [-0.4, -0.2) is 35.4 Å². The molecule has 0 atom stereocenters. The van der Waals surface area contributed by atoms with Crippen LogP contribution in [0.5, 0.6) is 0 Å². The van der Waals surface area contributed by atoms with Gasteiger partial charge in [0.25, 0.3) is 0 Å². The molecule has 0 radical (unpaired) electrons. The van der Waals surface area contributed by atoms with Crippen molar-refractivity contribution < 1.29 is 0 Å². The molecule has 1 saturated carbocycles. The highest BCUT2D eigenvalue weighted by Gasteiger charge is 2.12. The largest absolute Gasteiger partial charge is 0.357 e. The van der Waals surface area contributed by atoms with Crippen LogP contribution in [0.3, 0.4) is 0 Å². The number of rotatable bonds is 8. The molecule has 0 bridgehead atoms. The lowest BCUT2D eigenvalue weighted by Crippen LogP contribution is -2.38. The number of aromatic nitrogens is 2. The summed E-state index contributed by atoms with van der Waals surface area (Å²) < 4.78 is 1.96. The first-order valence-electron chi connectivity index (χ1n) is 8.88. The highest BCUT2D eigenvalue weighted by Crippen LogP contribution is 2.25. The minimum Gasteiger partial charge on any atom is -0.357 e. The van der Waals surface area contributed by atoms with Gasteiger partial charge in [-0.2, -0.15) is 5.10 Å². The highest BCUT2D eigenvalue weighted by atomic mass is 15.3. The predicted molar refractivity (Wildman–Crippen MR) is 92.0 cm³/mol. The van der Waals surface area contributed by atoms with E-state index in [1.165, 1.54) is 38.5 Å². The van der Waals surface area contributed by atoms with Gasteiger partial charge < -0.3 is 10.6 Å². The average Bonchev–Trinajstić information content (AvgIpc) is 3.06. The maximum atomic E-state index is 4.65. The van der Waals surface area contributed by atoms with Crippen LogP contribution in [-0.2, 0) is 6.54 Å². The van der Waals surface area contributed by atoms with Crippen LogP contribution in [0.2, 0.25) is 0 Å². The Balaban J connectivity index is 1.63. The summed E-state index contributed by atoms with van der Waals surface area (Å²) in [5, 5.41) is 11.0. The normalized spacial score (nSPS) is 16.7. The molecule has 0 spiro atoms. The molecule has 0 unspecified atom stereocenters. The minimum absolute atomic E-state index is 0.832. The van der Waals surface area contributed by atoms with Crippen LogP contribution in [0.1, 0.15) is 51.9 Å². The number of hydrogen-bond acceptors (Lipinski definition) is 2. The summed E-state index contributed by atoms with van der Waals surface area (Å²) in [5.41, 5.74) is 0. The Morgan fingerprint density at radius 3 is 2.86 bits per heavy atom. The summed E-state index contributed by atoms with van der Waals surface area (Å²) in [6, 6.07) is 1.96. The van der Waals surface area contributed by atoms with E-state index in [-0.39, 0.29) is 0 Å². The van der Waals surface area contributed by atoms with Gasteiger partial charge in [-0.05, 0) is 31.7 Å². The number of hydrogen-bond donors (Lipinski definition) is 2. The molecule has 1 aromatic heterocycles. The Labute approximate surface area is 134 Å². The van der Waals surface area contributed by atoms with E-state index in [1.807, 2.05) is 23.1 Å². The molecular formula is C17H31N5. The summed E-state index contributed by atoms with van der Waals surface area (Å²) in [6.07, 6.45) is 13.2. The third-order valence-corrected chi connectivity index (χ3v) is 4.29. The fourth-order valence-corrected chi connectivity index (χ4v) is 3.07. The number of aliphatic imine (C=N–C) groups is 1. The van der Waals surface area contributed by atoms with Crippen LogP contribution < -0.4 is 10.6 Å². The Kier molecular flexibility index (Phi) is 7.85. The van der Waals surface area contributed by atoms with Crippen LogP contribution >= 0.6 is 0 Å². The van der Waals surface area contributed by atoms with Crippen LogP contribution in [0.25, 0.3) is 0 Å². The predicted octanol–water partition coefficient (Wildman–Crippen LogP) is 2.80. The van der Waals surface area contributed by atoms with Crippen molar-refractivity contribution in [2.75, 3.05) is 19.6 Å². The molecule has 1 heterocycles. The maximum absolute atomic E-state index is 4.65. The fraction of sp³-hybridized carbons (Fsp3) is 0.765. The molecule has 0 aromatic carbocycles. The van der Waals surface area contributed by atoms with Gasteiger partial charge >= 0.3 is 0 Å². The number of aryl methyl sites for hydroxylation is 1. The molecule has 0 aliphatic heterocycles. The lowest BCUT2D eigenvalue weighted by Gasteiger charge is -2.22. The zero-order chi connectivity index (χ0) is 15.5. The van der Waals surface area contributed by atoms with E-state index in [0.29, 0.717) is 0 Å². The van der Waals surface area contributed by atoms with Crippen molar-refractivity contribution in [3.05, 3.63) is 18.5 Å². The first-order valence-corrected chi connectivity index (χ1v) is 8.88. The summed E-state index contributed by atoms with van der Waals surface area (Å²) in [6.45, 7) is 5.82. The van der Waals surface area contributed by atoms with E-state index in [0.717, 1.165) is 44.5 Å². The second-order valence-electron chi connectivity index (χ2n) is 6.10. The molecular weight excluding hydrogens is 274 g/mol. The second-order valence-corrected chi connectivity index (χ2v) is 6.10. The molecule has 1 aliphatic carbocycles. The van der Waals surface area contributed by atoms with Gasteiger partial charge in [-0.15, -0.1) is 0 Å². The van der Waals surface area contributed by atoms with E-state index in [4.69, 9.17) is 0 Å². The monoisotopic (exact) mass is 305 g/mol. The van der Waals surface area contributed by atoms with Crippen molar-refractivity contribution in [3.63, 3.8) is 0 Å². The van der Waals surface area contributed by atoms with E-state index < -0.39 is 0 Å². The standard InChI is InChI=1S/C17H31N5/c1-2-18-17(19-11-6-14-22-15-7-12-21-22)20-13-10-16-8-4-3-5-9-16/h7,12,15-16H,2-6,8-11,13-14H2,1H3,(H2,18,19,20). The van der Waals surface area contributed by atoms with Crippen molar-refractivity contribution in [2.24, 2.45) is 10.9 Å². The van der Waals surface area contributed by atoms with Crippen molar-refractivity contribution in [3.8, 4) is 0 Å². The van der Waals surface area contributed by atoms with Gasteiger partial charge in [0, 0.05) is 38.6 Å². The van der Waals surface area contributed by atoms with E-state index >= 15 is 0 Å². The van der Waals surface area contributed by atoms with Gasteiger partial charge in [0.15, 0.2) is 5.96 Å². The van der Waals surface area contributed by atoms with Gasteiger partial charge in [-0.1, -0.05) is 32.1 Å². The van der Waals surface area contributed by atoms with Gasteiger partial charge in [0.05, 0.1) is 0 Å². The summed E-state index contributed by atoms with van der Waals surface area (Å²) in [4.78, 5) is 4.65. The van der Waals surface area contributed by atoms with Crippen molar-refractivity contribution >= 4 is 5.96 Å². The number of nitrogens with zero attached hydrogens (tertiary/aromatic N) is 3. The summed E-state index contributed by atoms with van der Waals surface area (Å²) in [5.74, 6) is 1.88. The first kappa shape index (κ1) is 16.8.